The molecule has 3 heteroatoms. The molecule has 0 spiro atoms. The Labute approximate surface area is 109 Å². The van der Waals surface area contributed by atoms with Crippen LogP contribution in [0, 0.1) is 0 Å². The lowest BCUT2D eigenvalue weighted by Gasteiger charge is -2.22. The maximum atomic E-state index is 10.8. The zero-order chi connectivity index (χ0) is 13.5. The zero-order valence-corrected chi connectivity index (χ0v) is 11.5. The number of rotatable bonds is 7. The van der Waals surface area contributed by atoms with Crippen LogP contribution >= 0.6 is 0 Å². The van der Waals surface area contributed by atoms with Crippen molar-refractivity contribution in [2.24, 2.45) is 0 Å². The Kier molecular flexibility index (Phi) is 5.86. The van der Waals surface area contributed by atoms with Crippen LogP contribution in [0.15, 0.2) is 24.3 Å². The van der Waals surface area contributed by atoms with Crippen molar-refractivity contribution in [2.45, 2.75) is 38.6 Å². The third-order valence-corrected chi connectivity index (χ3v) is 3.17. The van der Waals surface area contributed by atoms with Crippen molar-refractivity contribution < 1.29 is 9.90 Å². The summed E-state index contributed by atoms with van der Waals surface area (Å²) in [6.45, 7) is 2.17. The second-order valence-electron chi connectivity index (χ2n) is 4.99. The molecular formula is C15H23NO2. The molecule has 0 aliphatic heterocycles. The average Bonchev–Trinajstić information content (AvgIpc) is 2.30. The summed E-state index contributed by atoms with van der Waals surface area (Å²) in [6.07, 6.45) is 3.22. The van der Waals surface area contributed by atoms with E-state index in [2.05, 4.69) is 31.2 Å². The number of carboxylic acids is 1. The molecule has 0 bridgehead atoms. The Morgan fingerprint density at radius 3 is 2.22 bits per heavy atom. The van der Waals surface area contributed by atoms with Gasteiger partial charge in [0.25, 0.3) is 0 Å². The average molecular weight is 249 g/mol. The van der Waals surface area contributed by atoms with Crippen molar-refractivity contribution in [1.82, 2.24) is 4.90 Å². The highest BCUT2D eigenvalue weighted by atomic mass is 16.4. The van der Waals surface area contributed by atoms with E-state index < -0.39 is 5.97 Å². The maximum absolute atomic E-state index is 10.8. The number of aliphatic carboxylic acids is 1. The molecule has 0 fully saturated rings. The minimum absolute atomic E-state index is 0.0551. The quantitative estimate of drug-likeness (QED) is 0.807. The molecule has 3 nitrogen and oxygen atoms in total. The molecule has 0 heterocycles. The molecule has 0 aliphatic carbocycles. The van der Waals surface area contributed by atoms with E-state index in [0.29, 0.717) is 0 Å². The predicted octanol–water partition coefficient (Wildman–Crippen LogP) is 2.59. The highest BCUT2D eigenvalue weighted by molar-refractivity contribution is 5.67. The summed E-state index contributed by atoms with van der Waals surface area (Å²) in [5, 5.41) is 8.90. The van der Waals surface area contributed by atoms with Gasteiger partial charge in [-0.05, 0) is 38.1 Å². The molecule has 0 amide bonds. The van der Waals surface area contributed by atoms with Crippen LogP contribution in [0.4, 0.5) is 0 Å². The molecule has 1 aromatic carbocycles. The first kappa shape index (κ1) is 14.7. The number of benzene rings is 1. The Bertz CT molecular complexity index is 371. The topological polar surface area (TPSA) is 40.5 Å². The lowest BCUT2D eigenvalue weighted by Crippen LogP contribution is -2.32. The van der Waals surface area contributed by atoms with Crippen molar-refractivity contribution in [1.29, 1.82) is 0 Å². The van der Waals surface area contributed by atoms with Gasteiger partial charge >= 0.3 is 5.97 Å². The van der Waals surface area contributed by atoms with Crippen molar-refractivity contribution in [3.05, 3.63) is 35.4 Å². The Morgan fingerprint density at radius 2 is 1.78 bits per heavy atom. The van der Waals surface area contributed by atoms with E-state index in [-0.39, 0.29) is 12.5 Å². The zero-order valence-electron chi connectivity index (χ0n) is 11.5. The Balaban J connectivity index is 2.65. The van der Waals surface area contributed by atoms with E-state index in [1.807, 2.05) is 19.0 Å². The molecule has 18 heavy (non-hydrogen) atoms. The summed E-state index contributed by atoms with van der Waals surface area (Å²) in [4.78, 5) is 12.8. The monoisotopic (exact) mass is 249 g/mol. The second-order valence-corrected chi connectivity index (χ2v) is 4.99. The summed E-state index contributed by atoms with van der Waals surface area (Å²) in [5.74, 6) is -0.740. The number of carbonyl (C=O) groups is 1. The van der Waals surface area contributed by atoms with Crippen LogP contribution in [0.2, 0.25) is 0 Å². The Hall–Kier alpha value is -1.35. The molecule has 100 valence electrons. The molecule has 0 aromatic heterocycles. The first-order valence-corrected chi connectivity index (χ1v) is 6.49. The molecule has 1 aromatic rings. The van der Waals surface area contributed by atoms with Crippen molar-refractivity contribution in [3.63, 3.8) is 0 Å². The molecular weight excluding hydrogens is 226 g/mol. The minimum atomic E-state index is -0.740. The summed E-state index contributed by atoms with van der Waals surface area (Å²) >= 11 is 0. The fraction of sp³-hybridized carbons (Fsp3) is 0.533. The third kappa shape index (κ3) is 4.88. The second kappa shape index (κ2) is 7.17. The lowest BCUT2D eigenvalue weighted by atomic mass is 10.0. The number of likely N-dealkylation sites (N-methyl/N-ethyl adjacent to an activating group) is 1. The lowest BCUT2D eigenvalue weighted by molar-refractivity contribution is -0.138. The summed E-state index contributed by atoms with van der Waals surface area (Å²) in [6, 6.07) is 8.57. The van der Waals surface area contributed by atoms with E-state index in [9.17, 15) is 4.79 Å². The normalized spacial score (nSPS) is 12.7. The van der Waals surface area contributed by atoms with E-state index in [1.54, 1.807) is 0 Å². The van der Waals surface area contributed by atoms with Gasteiger partial charge < -0.3 is 10.0 Å². The molecule has 1 N–H and O–H groups in total. The van der Waals surface area contributed by atoms with Gasteiger partial charge in [-0.15, -0.1) is 0 Å². The van der Waals surface area contributed by atoms with Crippen LogP contribution < -0.4 is 0 Å². The minimum Gasteiger partial charge on any atom is -0.481 e. The summed E-state index contributed by atoms with van der Waals surface area (Å²) in [5.41, 5.74) is 2.55. The number of nitrogens with zero attached hydrogens (tertiary/aromatic N) is 1. The number of hydrogen-bond acceptors (Lipinski definition) is 2. The molecule has 1 rings (SSSR count). The van der Waals surface area contributed by atoms with Crippen LogP contribution in [0.1, 0.15) is 30.9 Å². The van der Waals surface area contributed by atoms with Crippen molar-refractivity contribution >= 4 is 5.97 Å². The molecule has 0 radical (unpaired) electrons. The summed E-state index contributed by atoms with van der Waals surface area (Å²) in [7, 11) is 3.86. The van der Waals surface area contributed by atoms with Crippen LogP contribution in [0.25, 0.3) is 0 Å². The van der Waals surface area contributed by atoms with Gasteiger partial charge in [-0.2, -0.15) is 0 Å². The Morgan fingerprint density at radius 1 is 1.22 bits per heavy atom. The van der Waals surface area contributed by atoms with Gasteiger partial charge in [0.15, 0.2) is 0 Å². The molecule has 0 saturated carbocycles. The van der Waals surface area contributed by atoms with Gasteiger partial charge in [0, 0.05) is 6.04 Å². The standard InChI is InChI=1S/C15H23NO2/c1-4-5-12-6-8-13(9-7-12)10-14(16(2)3)11-15(17)18/h6-9,14H,4-5,10-11H2,1-3H3,(H,17,18). The van der Waals surface area contributed by atoms with E-state index in [4.69, 9.17) is 5.11 Å². The highest BCUT2D eigenvalue weighted by Gasteiger charge is 2.15. The molecule has 0 saturated heterocycles. The van der Waals surface area contributed by atoms with E-state index in [1.165, 1.54) is 11.1 Å². The number of carboxylic acid groups (broad SMARTS) is 1. The van der Waals surface area contributed by atoms with Gasteiger partial charge in [0.1, 0.15) is 0 Å². The highest BCUT2D eigenvalue weighted by Crippen LogP contribution is 2.12. The third-order valence-electron chi connectivity index (χ3n) is 3.17. The van der Waals surface area contributed by atoms with E-state index in [0.717, 1.165) is 19.3 Å². The van der Waals surface area contributed by atoms with Crippen molar-refractivity contribution in [2.75, 3.05) is 14.1 Å². The van der Waals surface area contributed by atoms with E-state index >= 15 is 0 Å². The SMILES string of the molecule is CCCc1ccc(CC(CC(=O)O)N(C)C)cc1. The first-order valence-electron chi connectivity index (χ1n) is 6.49. The fourth-order valence-corrected chi connectivity index (χ4v) is 2.04. The van der Waals surface area contributed by atoms with Gasteiger partial charge in [-0.1, -0.05) is 37.6 Å². The van der Waals surface area contributed by atoms with Gasteiger partial charge in [0.05, 0.1) is 6.42 Å². The molecule has 0 aliphatic rings. The smallest absolute Gasteiger partial charge is 0.304 e. The largest absolute Gasteiger partial charge is 0.481 e. The fourth-order valence-electron chi connectivity index (χ4n) is 2.04. The predicted molar refractivity (Wildman–Crippen MR) is 73.9 cm³/mol. The number of hydrogen-bond donors (Lipinski definition) is 1. The van der Waals surface area contributed by atoms with Crippen molar-refractivity contribution in [3.8, 4) is 0 Å². The molecule has 1 unspecified atom stereocenters. The van der Waals surface area contributed by atoms with Gasteiger partial charge in [-0.3, -0.25) is 4.79 Å². The maximum Gasteiger partial charge on any atom is 0.304 e. The number of aryl methyl sites for hydroxylation is 1. The first-order chi connectivity index (χ1) is 8.52. The van der Waals surface area contributed by atoms with Crippen LogP contribution in [0.3, 0.4) is 0 Å². The van der Waals surface area contributed by atoms with Gasteiger partial charge in [-0.25, -0.2) is 0 Å². The summed E-state index contributed by atoms with van der Waals surface area (Å²) < 4.78 is 0. The van der Waals surface area contributed by atoms with Gasteiger partial charge in [0.2, 0.25) is 0 Å². The molecule has 1 atom stereocenters. The van der Waals surface area contributed by atoms with Crippen LogP contribution in [-0.2, 0) is 17.6 Å². The van der Waals surface area contributed by atoms with Crippen LogP contribution in [-0.4, -0.2) is 36.1 Å². The van der Waals surface area contributed by atoms with Crippen LogP contribution in [0.5, 0.6) is 0 Å².